The van der Waals surface area contributed by atoms with Crippen molar-refractivity contribution in [3.05, 3.63) is 77.7 Å². The van der Waals surface area contributed by atoms with Crippen molar-refractivity contribution in [2.75, 3.05) is 37.6 Å². The van der Waals surface area contributed by atoms with Crippen LogP contribution in [0.4, 0.5) is 5.95 Å². The molecule has 1 aliphatic rings. The minimum atomic E-state index is -0.458. The number of rotatable bonds is 8. The van der Waals surface area contributed by atoms with Gasteiger partial charge in [-0.3, -0.25) is 9.69 Å². The summed E-state index contributed by atoms with van der Waals surface area (Å²) < 4.78 is 0. The molecule has 1 saturated heterocycles. The minimum Gasteiger partial charge on any atom is -0.366 e. The molecule has 8 nitrogen and oxygen atoms in total. The van der Waals surface area contributed by atoms with E-state index in [2.05, 4.69) is 37.0 Å². The van der Waals surface area contributed by atoms with Gasteiger partial charge >= 0.3 is 0 Å². The zero-order chi connectivity index (χ0) is 24.9. The number of benzene rings is 2. The van der Waals surface area contributed by atoms with Gasteiger partial charge in [0.1, 0.15) is 0 Å². The molecule has 0 unspecified atom stereocenters. The van der Waals surface area contributed by atoms with Crippen molar-refractivity contribution >= 4 is 22.8 Å². The van der Waals surface area contributed by atoms with Crippen LogP contribution in [0, 0.1) is 11.3 Å². The molecule has 182 valence electrons. The quantitative estimate of drug-likeness (QED) is 0.372. The molecular formula is C28H29N7O. The van der Waals surface area contributed by atoms with Gasteiger partial charge in [0.15, 0.2) is 0 Å². The number of hydrogen-bond donors (Lipinski definition) is 2. The van der Waals surface area contributed by atoms with E-state index in [-0.39, 0.29) is 0 Å². The first-order chi connectivity index (χ1) is 17.6. The fourth-order valence-electron chi connectivity index (χ4n) is 4.85. The average Bonchev–Trinajstić information content (AvgIpc) is 3.33. The number of carbonyl (C=O) groups is 1. The molecule has 2 aromatic carbocycles. The van der Waals surface area contributed by atoms with E-state index in [0.29, 0.717) is 17.1 Å². The summed E-state index contributed by atoms with van der Waals surface area (Å²) in [5, 5.41) is 10.3. The van der Waals surface area contributed by atoms with E-state index in [1.165, 1.54) is 5.56 Å². The molecule has 8 heteroatoms. The Hall–Kier alpha value is -4.22. The normalized spacial score (nSPS) is 14.1. The molecule has 0 aliphatic carbocycles. The molecule has 1 aliphatic heterocycles. The molecule has 2 aromatic heterocycles. The summed E-state index contributed by atoms with van der Waals surface area (Å²) in [6.07, 6.45) is 8.86. The van der Waals surface area contributed by atoms with E-state index in [9.17, 15) is 10.1 Å². The van der Waals surface area contributed by atoms with Gasteiger partial charge < -0.3 is 15.6 Å². The zero-order valence-electron chi connectivity index (χ0n) is 20.2. The van der Waals surface area contributed by atoms with Gasteiger partial charge in [-0.1, -0.05) is 18.2 Å². The lowest BCUT2D eigenvalue weighted by Crippen LogP contribution is -2.47. The molecule has 0 bridgehead atoms. The van der Waals surface area contributed by atoms with E-state index in [1.807, 2.05) is 30.3 Å². The Bertz CT molecular complexity index is 1400. The van der Waals surface area contributed by atoms with Crippen LogP contribution in [0.2, 0.25) is 0 Å². The second-order valence-corrected chi connectivity index (χ2v) is 9.15. The van der Waals surface area contributed by atoms with Crippen LogP contribution in [0.5, 0.6) is 0 Å². The number of nitriles is 1. The molecule has 4 aromatic rings. The van der Waals surface area contributed by atoms with Gasteiger partial charge in [0.2, 0.25) is 11.9 Å². The summed E-state index contributed by atoms with van der Waals surface area (Å²) in [4.78, 5) is 28.9. The zero-order valence-corrected chi connectivity index (χ0v) is 20.2. The van der Waals surface area contributed by atoms with Crippen LogP contribution in [0.3, 0.4) is 0 Å². The van der Waals surface area contributed by atoms with Crippen molar-refractivity contribution in [3.8, 4) is 17.2 Å². The Morgan fingerprint density at radius 2 is 1.83 bits per heavy atom. The molecule has 5 rings (SSSR count). The van der Waals surface area contributed by atoms with Gasteiger partial charge in [0, 0.05) is 66.8 Å². The van der Waals surface area contributed by atoms with Crippen LogP contribution in [-0.2, 0) is 6.42 Å². The van der Waals surface area contributed by atoms with Crippen LogP contribution >= 0.6 is 0 Å². The number of amides is 1. The number of hydrogen-bond acceptors (Lipinski definition) is 6. The predicted molar refractivity (Wildman–Crippen MR) is 141 cm³/mol. The summed E-state index contributed by atoms with van der Waals surface area (Å²) in [6.45, 7) is 4.80. The first-order valence-corrected chi connectivity index (χ1v) is 12.3. The number of H-pyrrole nitrogens is 1. The largest absolute Gasteiger partial charge is 0.366 e. The van der Waals surface area contributed by atoms with Gasteiger partial charge in [-0.05, 0) is 61.2 Å². The molecule has 36 heavy (non-hydrogen) atoms. The Balaban J connectivity index is 1.10. The number of nitrogens with two attached hydrogens (primary N) is 1. The summed E-state index contributed by atoms with van der Waals surface area (Å²) in [7, 11) is 0. The third-order valence-corrected chi connectivity index (χ3v) is 6.86. The Morgan fingerprint density at radius 3 is 2.58 bits per heavy atom. The smallest absolute Gasteiger partial charge is 0.249 e. The van der Waals surface area contributed by atoms with Gasteiger partial charge in [-0.25, -0.2) is 9.97 Å². The van der Waals surface area contributed by atoms with Crippen molar-refractivity contribution in [3.63, 3.8) is 0 Å². The number of nitrogens with zero attached hydrogens (tertiary/aromatic N) is 5. The highest BCUT2D eigenvalue weighted by Crippen LogP contribution is 2.24. The first-order valence-electron chi connectivity index (χ1n) is 12.3. The first kappa shape index (κ1) is 23.5. The maximum Gasteiger partial charge on any atom is 0.249 e. The molecule has 0 radical (unpaired) electrons. The third kappa shape index (κ3) is 5.07. The molecule has 3 heterocycles. The summed E-state index contributed by atoms with van der Waals surface area (Å²) in [5.41, 5.74) is 10.6. The van der Waals surface area contributed by atoms with Gasteiger partial charge in [-0.2, -0.15) is 5.26 Å². The summed E-state index contributed by atoms with van der Waals surface area (Å²) >= 11 is 0. The van der Waals surface area contributed by atoms with Crippen LogP contribution in [0.15, 0.2) is 61.1 Å². The number of carbonyl (C=O) groups excluding carboxylic acids is 1. The van der Waals surface area contributed by atoms with Gasteiger partial charge in [-0.15, -0.1) is 0 Å². The van der Waals surface area contributed by atoms with Crippen molar-refractivity contribution < 1.29 is 4.79 Å². The van der Waals surface area contributed by atoms with E-state index in [0.717, 1.165) is 74.0 Å². The van der Waals surface area contributed by atoms with Crippen molar-refractivity contribution in [1.82, 2.24) is 19.9 Å². The fourth-order valence-corrected chi connectivity index (χ4v) is 4.85. The highest BCUT2D eigenvalue weighted by Gasteiger charge is 2.19. The lowest BCUT2D eigenvalue weighted by molar-refractivity contribution is 0.100. The van der Waals surface area contributed by atoms with Gasteiger partial charge in [0.25, 0.3) is 0 Å². The van der Waals surface area contributed by atoms with Crippen LogP contribution in [-0.4, -0.2) is 58.5 Å². The number of primary amides is 1. The maximum absolute atomic E-state index is 11.7. The third-order valence-electron chi connectivity index (χ3n) is 6.86. The van der Waals surface area contributed by atoms with Gasteiger partial charge in [0.05, 0.1) is 11.6 Å². The lowest BCUT2D eigenvalue weighted by Gasteiger charge is -2.34. The number of piperazine rings is 1. The Morgan fingerprint density at radius 1 is 1.06 bits per heavy atom. The van der Waals surface area contributed by atoms with E-state index in [1.54, 1.807) is 24.5 Å². The summed E-state index contributed by atoms with van der Waals surface area (Å²) in [5.74, 6) is 0.256. The van der Waals surface area contributed by atoms with Crippen LogP contribution in [0.1, 0.15) is 34.3 Å². The lowest BCUT2D eigenvalue weighted by atomic mass is 10.0. The maximum atomic E-state index is 11.7. The molecule has 3 N–H and O–H groups in total. The molecule has 0 atom stereocenters. The highest BCUT2D eigenvalue weighted by molar-refractivity contribution is 5.99. The number of aromatic nitrogens is 3. The molecule has 0 saturated carbocycles. The predicted octanol–water partition coefficient (Wildman–Crippen LogP) is 3.74. The number of aryl methyl sites for hydroxylation is 1. The number of anilines is 1. The summed E-state index contributed by atoms with van der Waals surface area (Å²) in [6, 6.07) is 15.3. The number of unbranched alkanes of at least 4 members (excludes halogenated alkanes) is 1. The topological polar surface area (TPSA) is 115 Å². The van der Waals surface area contributed by atoms with Crippen molar-refractivity contribution in [2.24, 2.45) is 5.73 Å². The number of fused-ring (bicyclic) bond motifs is 1. The molecule has 0 spiro atoms. The SMILES string of the molecule is N#Cc1ccc2[nH]cc(CCCCN3CCN(c4ncc(-c5ccccc5C(N)=O)cn4)CC3)c2c1. The van der Waals surface area contributed by atoms with Crippen LogP contribution < -0.4 is 10.6 Å². The monoisotopic (exact) mass is 479 g/mol. The minimum absolute atomic E-state index is 0.458. The highest BCUT2D eigenvalue weighted by atomic mass is 16.1. The van der Waals surface area contributed by atoms with E-state index < -0.39 is 5.91 Å². The Kier molecular flexibility index (Phi) is 6.92. The van der Waals surface area contributed by atoms with Crippen molar-refractivity contribution in [2.45, 2.75) is 19.3 Å². The molecule has 1 amide bonds. The van der Waals surface area contributed by atoms with E-state index in [4.69, 9.17) is 5.73 Å². The van der Waals surface area contributed by atoms with Crippen LogP contribution in [0.25, 0.3) is 22.0 Å². The molecule has 1 fully saturated rings. The number of nitrogens with one attached hydrogen (secondary N) is 1. The standard InChI is InChI=1S/C28H29N7O/c29-16-20-8-9-26-25(15-20)21(17-31-26)5-3-4-10-34-11-13-35(14-12-34)28-32-18-22(19-33-28)23-6-1-2-7-24(23)27(30)36/h1-2,6-9,15,17-19,31H,3-5,10-14H2,(H2,30,36). The second-order valence-electron chi connectivity index (χ2n) is 9.15. The fraction of sp³-hybridized carbons (Fsp3) is 0.286. The number of aromatic amines is 1. The van der Waals surface area contributed by atoms with E-state index >= 15 is 0 Å². The average molecular weight is 480 g/mol. The second kappa shape index (κ2) is 10.6. The van der Waals surface area contributed by atoms with Crippen molar-refractivity contribution in [1.29, 1.82) is 5.26 Å². The Labute approximate surface area is 210 Å². The molecular weight excluding hydrogens is 450 g/mol.